The predicted molar refractivity (Wildman–Crippen MR) is 101 cm³/mol. The minimum absolute atomic E-state index is 0.00334. The van der Waals surface area contributed by atoms with E-state index in [2.05, 4.69) is 10.3 Å². The molecule has 1 aromatic carbocycles. The van der Waals surface area contributed by atoms with Crippen LogP contribution in [0.15, 0.2) is 54.9 Å². The van der Waals surface area contributed by atoms with Crippen LogP contribution in [0.4, 0.5) is 4.39 Å². The van der Waals surface area contributed by atoms with E-state index in [9.17, 15) is 14.0 Å². The Morgan fingerprint density at radius 2 is 2.04 bits per heavy atom. The first-order valence-electron chi connectivity index (χ1n) is 9.02. The van der Waals surface area contributed by atoms with Crippen molar-refractivity contribution in [3.8, 4) is 0 Å². The number of benzene rings is 1. The molecule has 2 heterocycles. The Balaban J connectivity index is 1.41. The van der Waals surface area contributed by atoms with Gasteiger partial charge in [-0.2, -0.15) is 0 Å². The lowest BCUT2D eigenvalue weighted by atomic mass is 9.96. The molecule has 3 rings (SSSR count). The fourth-order valence-corrected chi connectivity index (χ4v) is 3.10. The van der Waals surface area contributed by atoms with E-state index < -0.39 is 0 Å². The van der Waals surface area contributed by atoms with Crippen LogP contribution in [0, 0.1) is 11.7 Å². The molecular weight excluding hydrogens is 345 g/mol. The van der Waals surface area contributed by atoms with Crippen LogP contribution in [0.5, 0.6) is 0 Å². The Labute approximate surface area is 157 Å². The third-order valence-corrected chi connectivity index (χ3v) is 4.65. The van der Waals surface area contributed by atoms with Gasteiger partial charge in [-0.05, 0) is 54.7 Å². The summed E-state index contributed by atoms with van der Waals surface area (Å²) in [6.07, 6.45) is 7.93. The number of carbonyl (C=O) groups excluding carboxylic acids is 2. The van der Waals surface area contributed by atoms with Gasteiger partial charge in [0.15, 0.2) is 0 Å². The Morgan fingerprint density at radius 3 is 2.74 bits per heavy atom. The first kappa shape index (κ1) is 18.8. The Hall–Kier alpha value is -3.02. The number of pyridine rings is 1. The molecule has 1 aliphatic rings. The van der Waals surface area contributed by atoms with Gasteiger partial charge >= 0.3 is 0 Å². The first-order valence-corrected chi connectivity index (χ1v) is 9.02. The number of piperidine rings is 1. The maximum absolute atomic E-state index is 13.1. The van der Waals surface area contributed by atoms with Crippen molar-refractivity contribution < 1.29 is 14.0 Å². The number of hydrogen-bond acceptors (Lipinski definition) is 3. The molecule has 140 valence electrons. The van der Waals surface area contributed by atoms with Gasteiger partial charge in [-0.3, -0.25) is 14.6 Å². The van der Waals surface area contributed by atoms with E-state index in [4.69, 9.17) is 0 Å². The van der Waals surface area contributed by atoms with Gasteiger partial charge in [0.25, 0.3) is 5.91 Å². The van der Waals surface area contributed by atoms with Gasteiger partial charge in [-0.1, -0.05) is 12.1 Å². The van der Waals surface area contributed by atoms with E-state index in [0.717, 1.165) is 12.8 Å². The summed E-state index contributed by atoms with van der Waals surface area (Å²) < 4.78 is 13.1. The SMILES string of the molecule is O=C(/C=C/c1cccc(F)c1)NCC1CCN(C(=O)c2cccnc2)CC1. The zero-order valence-electron chi connectivity index (χ0n) is 15.0. The molecule has 2 aromatic rings. The fourth-order valence-electron chi connectivity index (χ4n) is 3.10. The van der Waals surface area contributed by atoms with Crippen molar-refractivity contribution in [1.82, 2.24) is 15.2 Å². The highest BCUT2D eigenvalue weighted by molar-refractivity contribution is 5.94. The average molecular weight is 367 g/mol. The molecule has 2 amide bonds. The number of nitrogens with zero attached hydrogens (tertiary/aromatic N) is 2. The van der Waals surface area contributed by atoms with Crippen LogP contribution in [0.2, 0.25) is 0 Å². The quantitative estimate of drug-likeness (QED) is 0.827. The van der Waals surface area contributed by atoms with E-state index in [0.29, 0.717) is 36.7 Å². The monoisotopic (exact) mass is 367 g/mol. The van der Waals surface area contributed by atoms with Gasteiger partial charge in [-0.25, -0.2) is 4.39 Å². The Morgan fingerprint density at radius 1 is 1.22 bits per heavy atom. The molecule has 0 unspecified atom stereocenters. The maximum Gasteiger partial charge on any atom is 0.255 e. The normalized spacial score (nSPS) is 15.1. The molecule has 0 bridgehead atoms. The van der Waals surface area contributed by atoms with Crippen LogP contribution in [-0.4, -0.2) is 41.3 Å². The second-order valence-electron chi connectivity index (χ2n) is 6.61. The van der Waals surface area contributed by atoms with Gasteiger partial charge in [0, 0.05) is 38.1 Å². The van der Waals surface area contributed by atoms with Crippen LogP contribution in [0.3, 0.4) is 0 Å². The maximum atomic E-state index is 13.1. The van der Waals surface area contributed by atoms with E-state index in [-0.39, 0.29) is 17.6 Å². The molecule has 6 heteroatoms. The number of nitrogens with one attached hydrogen (secondary N) is 1. The molecule has 1 aromatic heterocycles. The number of likely N-dealkylation sites (tertiary alicyclic amines) is 1. The molecule has 0 radical (unpaired) electrons. The lowest BCUT2D eigenvalue weighted by molar-refractivity contribution is -0.116. The average Bonchev–Trinajstić information content (AvgIpc) is 2.71. The molecule has 0 atom stereocenters. The summed E-state index contributed by atoms with van der Waals surface area (Å²) in [5.41, 5.74) is 1.25. The molecule has 0 saturated carbocycles. The number of aromatic nitrogens is 1. The zero-order chi connectivity index (χ0) is 19.1. The van der Waals surface area contributed by atoms with E-state index in [1.165, 1.54) is 18.2 Å². The first-order chi connectivity index (χ1) is 13.1. The third kappa shape index (κ3) is 5.48. The number of rotatable bonds is 5. The largest absolute Gasteiger partial charge is 0.352 e. The summed E-state index contributed by atoms with van der Waals surface area (Å²) in [5.74, 6) is -0.184. The minimum Gasteiger partial charge on any atom is -0.352 e. The minimum atomic E-state index is -0.329. The van der Waals surface area contributed by atoms with Crippen LogP contribution < -0.4 is 5.32 Å². The molecule has 0 aliphatic carbocycles. The van der Waals surface area contributed by atoms with Crippen molar-refractivity contribution in [2.24, 2.45) is 5.92 Å². The van der Waals surface area contributed by atoms with E-state index >= 15 is 0 Å². The predicted octanol–water partition coefficient (Wildman–Crippen LogP) is 2.90. The standard InChI is InChI=1S/C21H22FN3O2/c22-19-5-1-3-16(13-19)6-7-20(26)24-14-17-8-11-25(12-9-17)21(27)18-4-2-10-23-15-18/h1-7,10,13,15,17H,8-9,11-12,14H2,(H,24,26)/b7-6+. The summed E-state index contributed by atoms with van der Waals surface area (Å²) in [6, 6.07) is 9.61. The summed E-state index contributed by atoms with van der Waals surface area (Å²) in [5, 5.41) is 2.88. The topological polar surface area (TPSA) is 62.3 Å². The van der Waals surface area contributed by atoms with Gasteiger partial charge < -0.3 is 10.2 Å². The molecule has 5 nitrogen and oxygen atoms in total. The zero-order valence-corrected chi connectivity index (χ0v) is 15.0. The van der Waals surface area contributed by atoms with Crippen LogP contribution in [0.25, 0.3) is 6.08 Å². The van der Waals surface area contributed by atoms with Gasteiger partial charge in [0.05, 0.1) is 5.56 Å². The van der Waals surface area contributed by atoms with Gasteiger partial charge in [0.1, 0.15) is 5.82 Å². The van der Waals surface area contributed by atoms with Gasteiger partial charge in [0.2, 0.25) is 5.91 Å². The van der Waals surface area contributed by atoms with Crippen molar-refractivity contribution in [3.05, 3.63) is 71.8 Å². The van der Waals surface area contributed by atoms with Crippen LogP contribution >= 0.6 is 0 Å². The molecular formula is C21H22FN3O2. The molecule has 1 saturated heterocycles. The summed E-state index contributed by atoms with van der Waals surface area (Å²) in [7, 11) is 0. The van der Waals surface area contributed by atoms with Crippen LogP contribution in [0.1, 0.15) is 28.8 Å². The molecule has 1 aliphatic heterocycles. The second kappa shape index (κ2) is 9.07. The van der Waals surface area contributed by atoms with Crippen molar-refractivity contribution in [3.63, 3.8) is 0 Å². The van der Waals surface area contributed by atoms with Crippen molar-refractivity contribution >= 4 is 17.9 Å². The molecule has 0 spiro atoms. The van der Waals surface area contributed by atoms with E-state index in [1.807, 2.05) is 4.90 Å². The van der Waals surface area contributed by atoms with Gasteiger partial charge in [-0.15, -0.1) is 0 Å². The van der Waals surface area contributed by atoms with Crippen LogP contribution in [-0.2, 0) is 4.79 Å². The summed E-state index contributed by atoms with van der Waals surface area (Å²) in [4.78, 5) is 30.2. The number of halogens is 1. The lowest BCUT2D eigenvalue weighted by Crippen LogP contribution is -2.41. The summed E-state index contributed by atoms with van der Waals surface area (Å²) in [6.45, 7) is 1.92. The highest BCUT2D eigenvalue weighted by Crippen LogP contribution is 2.18. The number of carbonyl (C=O) groups is 2. The Bertz CT molecular complexity index is 815. The number of amides is 2. The molecule has 1 fully saturated rings. The molecule has 27 heavy (non-hydrogen) atoms. The van der Waals surface area contributed by atoms with E-state index in [1.54, 1.807) is 42.7 Å². The van der Waals surface area contributed by atoms with Crippen molar-refractivity contribution in [1.29, 1.82) is 0 Å². The lowest BCUT2D eigenvalue weighted by Gasteiger charge is -2.32. The van der Waals surface area contributed by atoms with Crippen molar-refractivity contribution in [2.75, 3.05) is 19.6 Å². The third-order valence-electron chi connectivity index (χ3n) is 4.65. The second-order valence-corrected chi connectivity index (χ2v) is 6.61. The summed E-state index contributed by atoms with van der Waals surface area (Å²) >= 11 is 0. The highest BCUT2D eigenvalue weighted by atomic mass is 19.1. The molecule has 1 N–H and O–H groups in total. The fraction of sp³-hybridized carbons (Fsp3) is 0.286. The Kier molecular flexibility index (Phi) is 6.30. The highest BCUT2D eigenvalue weighted by Gasteiger charge is 2.23. The smallest absolute Gasteiger partial charge is 0.255 e. The van der Waals surface area contributed by atoms with Crippen molar-refractivity contribution in [2.45, 2.75) is 12.8 Å². The number of hydrogen-bond donors (Lipinski definition) is 1.